The SMILES string of the molecule is CC(CC(=O)O)N1CCC(CN)CC1. The first kappa shape index (κ1) is 11.5. The minimum Gasteiger partial charge on any atom is -0.481 e. The van der Waals surface area contributed by atoms with Gasteiger partial charge in [0.1, 0.15) is 0 Å². The molecular formula is C10H20N2O2. The molecule has 1 aliphatic rings. The summed E-state index contributed by atoms with van der Waals surface area (Å²) in [5.74, 6) is -0.0678. The van der Waals surface area contributed by atoms with Gasteiger partial charge in [-0.3, -0.25) is 4.79 Å². The summed E-state index contributed by atoms with van der Waals surface area (Å²) < 4.78 is 0. The number of hydrogen-bond acceptors (Lipinski definition) is 3. The van der Waals surface area contributed by atoms with Crippen LogP contribution in [-0.4, -0.2) is 41.7 Å². The summed E-state index contributed by atoms with van der Waals surface area (Å²) in [6, 6.07) is 0.159. The third-order valence-electron chi connectivity index (χ3n) is 3.08. The van der Waals surface area contributed by atoms with Crippen LogP contribution in [0.3, 0.4) is 0 Å². The van der Waals surface area contributed by atoms with Gasteiger partial charge in [0.05, 0.1) is 6.42 Å². The average molecular weight is 200 g/mol. The van der Waals surface area contributed by atoms with Crippen LogP contribution in [0.15, 0.2) is 0 Å². The van der Waals surface area contributed by atoms with Crippen LogP contribution in [0.5, 0.6) is 0 Å². The van der Waals surface area contributed by atoms with E-state index in [2.05, 4.69) is 4.90 Å². The number of likely N-dealkylation sites (tertiary alicyclic amines) is 1. The van der Waals surface area contributed by atoms with E-state index in [1.807, 2.05) is 6.92 Å². The van der Waals surface area contributed by atoms with Crippen LogP contribution in [-0.2, 0) is 4.79 Å². The number of nitrogens with zero attached hydrogens (tertiary/aromatic N) is 1. The first-order valence-electron chi connectivity index (χ1n) is 5.29. The van der Waals surface area contributed by atoms with Gasteiger partial charge in [-0.1, -0.05) is 0 Å². The second-order valence-corrected chi connectivity index (χ2v) is 4.16. The molecule has 0 aliphatic carbocycles. The van der Waals surface area contributed by atoms with E-state index < -0.39 is 5.97 Å². The summed E-state index contributed by atoms with van der Waals surface area (Å²) in [7, 11) is 0. The molecule has 0 radical (unpaired) electrons. The lowest BCUT2D eigenvalue weighted by Crippen LogP contribution is -2.42. The molecule has 0 bridgehead atoms. The number of carboxylic acids is 1. The Morgan fingerprint density at radius 1 is 1.57 bits per heavy atom. The van der Waals surface area contributed by atoms with Gasteiger partial charge in [0.2, 0.25) is 0 Å². The number of carbonyl (C=O) groups is 1. The Kier molecular flexibility index (Phi) is 4.35. The largest absolute Gasteiger partial charge is 0.481 e. The zero-order valence-corrected chi connectivity index (χ0v) is 8.78. The Morgan fingerprint density at radius 3 is 2.57 bits per heavy atom. The number of hydrogen-bond donors (Lipinski definition) is 2. The molecule has 1 aliphatic heterocycles. The van der Waals surface area contributed by atoms with Crippen molar-refractivity contribution in [1.29, 1.82) is 0 Å². The second-order valence-electron chi connectivity index (χ2n) is 4.16. The van der Waals surface area contributed by atoms with Gasteiger partial charge in [-0.2, -0.15) is 0 Å². The van der Waals surface area contributed by atoms with Crippen LogP contribution in [0.25, 0.3) is 0 Å². The molecule has 82 valence electrons. The van der Waals surface area contributed by atoms with Crippen molar-refractivity contribution in [3.05, 3.63) is 0 Å². The highest BCUT2D eigenvalue weighted by atomic mass is 16.4. The maximum Gasteiger partial charge on any atom is 0.304 e. The first-order chi connectivity index (χ1) is 6.63. The molecule has 1 heterocycles. The van der Waals surface area contributed by atoms with Crippen LogP contribution in [0.1, 0.15) is 26.2 Å². The molecule has 1 unspecified atom stereocenters. The molecule has 0 saturated carbocycles. The fraction of sp³-hybridized carbons (Fsp3) is 0.900. The minimum atomic E-state index is -0.710. The Morgan fingerprint density at radius 2 is 2.14 bits per heavy atom. The molecule has 0 spiro atoms. The van der Waals surface area contributed by atoms with Gasteiger partial charge in [-0.05, 0) is 45.3 Å². The van der Waals surface area contributed by atoms with Crippen molar-refractivity contribution in [1.82, 2.24) is 4.90 Å². The molecular weight excluding hydrogens is 180 g/mol. The first-order valence-corrected chi connectivity index (χ1v) is 5.29. The lowest BCUT2D eigenvalue weighted by atomic mass is 9.96. The van der Waals surface area contributed by atoms with E-state index in [1.54, 1.807) is 0 Å². The maximum absolute atomic E-state index is 10.5. The van der Waals surface area contributed by atoms with Crippen molar-refractivity contribution in [3.63, 3.8) is 0 Å². The van der Waals surface area contributed by atoms with Crippen molar-refractivity contribution < 1.29 is 9.90 Å². The van der Waals surface area contributed by atoms with Gasteiger partial charge in [0, 0.05) is 6.04 Å². The van der Waals surface area contributed by atoms with E-state index in [-0.39, 0.29) is 12.5 Å². The van der Waals surface area contributed by atoms with Crippen LogP contribution in [0, 0.1) is 5.92 Å². The summed E-state index contributed by atoms with van der Waals surface area (Å²) in [6.45, 7) is 4.74. The standard InChI is InChI=1S/C10H20N2O2/c1-8(6-10(13)14)12-4-2-9(7-11)3-5-12/h8-9H,2-7,11H2,1H3,(H,13,14). The van der Waals surface area contributed by atoms with Crippen molar-refractivity contribution in [2.45, 2.75) is 32.2 Å². The molecule has 1 saturated heterocycles. The number of rotatable bonds is 4. The quantitative estimate of drug-likeness (QED) is 0.694. The molecule has 3 N–H and O–H groups in total. The molecule has 0 aromatic carbocycles. The highest BCUT2D eigenvalue weighted by Crippen LogP contribution is 2.18. The van der Waals surface area contributed by atoms with E-state index in [0.29, 0.717) is 5.92 Å². The molecule has 1 rings (SSSR count). The number of aliphatic carboxylic acids is 1. The third kappa shape index (κ3) is 3.27. The topological polar surface area (TPSA) is 66.6 Å². The van der Waals surface area contributed by atoms with Crippen LogP contribution in [0.2, 0.25) is 0 Å². The van der Waals surface area contributed by atoms with E-state index in [1.165, 1.54) is 0 Å². The molecule has 1 atom stereocenters. The Labute approximate surface area is 85.1 Å². The van der Waals surface area contributed by atoms with Crippen molar-refractivity contribution in [2.24, 2.45) is 11.7 Å². The van der Waals surface area contributed by atoms with E-state index in [0.717, 1.165) is 32.5 Å². The van der Waals surface area contributed by atoms with E-state index in [4.69, 9.17) is 10.8 Å². The highest BCUT2D eigenvalue weighted by Gasteiger charge is 2.22. The maximum atomic E-state index is 10.5. The molecule has 0 amide bonds. The zero-order chi connectivity index (χ0) is 10.6. The van der Waals surface area contributed by atoms with Crippen molar-refractivity contribution in [3.8, 4) is 0 Å². The molecule has 14 heavy (non-hydrogen) atoms. The summed E-state index contributed by atoms with van der Waals surface area (Å²) in [6.07, 6.45) is 2.47. The Hall–Kier alpha value is -0.610. The predicted octanol–water partition coefficient (Wildman–Crippen LogP) is 0.520. The van der Waals surface area contributed by atoms with E-state index >= 15 is 0 Å². The average Bonchev–Trinajstić information content (AvgIpc) is 2.17. The van der Waals surface area contributed by atoms with Gasteiger partial charge < -0.3 is 15.7 Å². The highest BCUT2D eigenvalue weighted by molar-refractivity contribution is 5.67. The molecule has 1 fully saturated rings. The summed E-state index contributed by atoms with van der Waals surface area (Å²) in [5, 5.41) is 8.67. The smallest absolute Gasteiger partial charge is 0.304 e. The Balaban J connectivity index is 2.30. The predicted molar refractivity (Wildman–Crippen MR) is 55.1 cm³/mol. The summed E-state index contributed by atoms with van der Waals surface area (Å²) >= 11 is 0. The number of carboxylic acid groups (broad SMARTS) is 1. The number of piperidine rings is 1. The van der Waals surface area contributed by atoms with E-state index in [9.17, 15) is 4.79 Å². The van der Waals surface area contributed by atoms with Crippen molar-refractivity contribution in [2.75, 3.05) is 19.6 Å². The Bertz CT molecular complexity index is 189. The fourth-order valence-corrected chi connectivity index (χ4v) is 2.01. The van der Waals surface area contributed by atoms with Gasteiger partial charge in [0.25, 0.3) is 0 Å². The number of nitrogens with two attached hydrogens (primary N) is 1. The van der Waals surface area contributed by atoms with Gasteiger partial charge >= 0.3 is 5.97 Å². The van der Waals surface area contributed by atoms with Gasteiger partial charge in [-0.15, -0.1) is 0 Å². The zero-order valence-electron chi connectivity index (χ0n) is 8.78. The van der Waals surface area contributed by atoms with Gasteiger partial charge in [-0.25, -0.2) is 0 Å². The molecule has 0 aromatic rings. The van der Waals surface area contributed by atoms with Gasteiger partial charge in [0.15, 0.2) is 0 Å². The monoisotopic (exact) mass is 200 g/mol. The van der Waals surface area contributed by atoms with Crippen molar-refractivity contribution >= 4 is 5.97 Å². The normalized spacial score (nSPS) is 22.1. The lowest BCUT2D eigenvalue weighted by Gasteiger charge is -2.35. The molecule has 0 aromatic heterocycles. The van der Waals surface area contributed by atoms with Crippen LogP contribution < -0.4 is 5.73 Å². The summed E-state index contributed by atoms with van der Waals surface area (Å²) in [4.78, 5) is 12.8. The fourth-order valence-electron chi connectivity index (χ4n) is 2.01. The molecule has 4 heteroatoms. The summed E-state index contributed by atoms with van der Waals surface area (Å²) in [5.41, 5.74) is 5.59. The second kappa shape index (κ2) is 5.32. The lowest BCUT2D eigenvalue weighted by molar-refractivity contribution is -0.138. The van der Waals surface area contributed by atoms with Crippen LogP contribution in [0.4, 0.5) is 0 Å². The third-order valence-corrected chi connectivity index (χ3v) is 3.08. The molecule has 4 nitrogen and oxygen atoms in total. The van der Waals surface area contributed by atoms with Crippen LogP contribution >= 0.6 is 0 Å². The minimum absolute atomic E-state index is 0.159.